The zero-order valence-corrected chi connectivity index (χ0v) is 19.0. The minimum atomic E-state index is -0.641. The van der Waals surface area contributed by atoms with Crippen LogP contribution in [0, 0.1) is 0 Å². The van der Waals surface area contributed by atoms with E-state index in [0.29, 0.717) is 16.7 Å². The van der Waals surface area contributed by atoms with Crippen LogP contribution in [-0.2, 0) is 11.3 Å². The number of halogens is 2. The molecule has 1 amide bonds. The second kappa shape index (κ2) is 7.59. The quantitative estimate of drug-likeness (QED) is 0.233. The molecule has 8 heteroatoms. The highest BCUT2D eigenvalue weighted by Crippen LogP contribution is 2.43. The number of carbonyl (C=O) groups excluding carboxylic acids is 1. The van der Waals surface area contributed by atoms with Crippen LogP contribution >= 0.6 is 34.5 Å². The molecule has 0 radical (unpaired) electrons. The lowest BCUT2D eigenvalue weighted by molar-refractivity contribution is -0.123. The minimum absolute atomic E-state index is 0.170. The van der Waals surface area contributed by atoms with Gasteiger partial charge in [0.1, 0.15) is 10.4 Å². The van der Waals surface area contributed by atoms with E-state index in [4.69, 9.17) is 23.2 Å². The second-order valence-corrected chi connectivity index (χ2v) is 9.66. The Balaban J connectivity index is 1.36. The number of anilines is 1. The van der Waals surface area contributed by atoms with Crippen molar-refractivity contribution in [3.63, 3.8) is 0 Å². The Morgan fingerprint density at radius 3 is 2.28 bits per heavy atom. The third-order valence-electron chi connectivity index (χ3n) is 5.85. The van der Waals surface area contributed by atoms with Crippen LogP contribution in [0.4, 0.5) is 5.13 Å². The van der Waals surface area contributed by atoms with Crippen molar-refractivity contribution in [2.75, 3.05) is 4.90 Å². The van der Waals surface area contributed by atoms with E-state index < -0.39 is 5.38 Å². The topological polar surface area (TPSA) is 51.0 Å². The van der Waals surface area contributed by atoms with Gasteiger partial charge in [-0.25, -0.2) is 0 Å². The first kappa shape index (κ1) is 19.7. The summed E-state index contributed by atoms with van der Waals surface area (Å²) in [6.07, 6.45) is 0. The Hall–Kier alpha value is -2.93. The van der Waals surface area contributed by atoms with Crippen molar-refractivity contribution in [1.29, 1.82) is 0 Å². The van der Waals surface area contributed by atoms with Crippen molar-refractivity contribution in [2.45, 2.75) is 18.0 Å². The molecule has 2 atom stereocenters. The summed E-state index contributed by atoms with van der Waals surface area (Å²) in [6.45, 7) is 0.569. The van der Waals surface area contributed by atoms with Gasteiger partial charge < -0.3 is 4.57 Å². The highest BCUT2D eigenvalue weighted by atomic mass is 35.5. The van der Waals surface area contributed by atoms with Gasteiger partial charge in [-0.2, -0.15) is 0 Å². The summed E-state index contributed by atoms with van der Waals surface area (Å²) in [4.78, 5) is 14.2. The van der Waals surface area contributed by atoms with Crippen molar-refractivity contribution in [3.05, 3.63) is 88.4 Å². The van der Waals surface area contributed by atoms with Crippen LogP contribution in [0.5, 0.6) is 0 Å². The van der Waals surface area contributed by atoms with Crippen molar-refractivity contribution in [1.82, 2.24) is 14.8 Å². The van der Waals surface area contributed by atoms with Gasteiger partial charge in [0.2, 0.25) is 11.0 Å². The van der Waals surface area contributed by atoms with E-state index in [0.717, 1.165) is 21.6 Å². The molecule has 1 aliphatic rings. The SMILES string of the molecule is O=C1C(Cl)C(c2cccc(Cl)c2)N1c1nnc(Cn2c3ccccc3c3ccccc32)s1. The standard InChI is InChI=1S/C24H16Cl2N4OS/c25-15-7-5-6-14(12-15)22-21(26)23(31)30(22)24-28-27-20(32-24)13-29-18-10-3-1-8-16(18)17-9-2-4-11-19(17)29/h1-12,21-22H,13H2. The predicted molar refractivity (Wildman–Crippen MR) is 130 cm³/mol. The lowest BCUT2D eigenvalue weighted by Crippen LogP contribution is -2.56. The zero-order valence-electron chi connectivity index (χ0n) is 16.7. The number of amides is 1. The fourth-order valence-corrected chi connectivity index (χ4v) is 5.82. The van der Waals surface area contributed by atoms with Crippen LogP contribution in [0.1, 0.15) is 16.6 Å². The Bertz CT molecular complexity index is 1440. The minimum Gasteiger partial charge on any atom is -0.333 e. The molecule has 0 spiro atoms. The normalized spacial score (nSPS) is 18.4. The number of benzene rings is 3. The van der Waals surface area contributed by atoms with E-state index in [1.165, 1.54) is 22.1 Å². The van der Waals surface area contributed by atoms with E-state index in [1.807, 2.05) is 30.3 Å². The number of fused-ring (bicyclic) bond motifs is 3. The number of hydrogen-bond donors (Lipinski definition) is 0. The largest absolute Gasteiger partial charge is 0.333 e. The maximum absolute atomic E-state index is 12.6. The average molecular weight is 479 g/mol. The monoisotopic (exact) mass is 478 g/mol. The van der Waals surface area contributed by atoms with E-state index in [-0.39, 0.29) is 11.9 Å². The van der Waals surface area contributed by atoms with Gasteiger partial charge in [-0.15, -0.1) is 21.8 Å². The van der Waals surface area contributed by atoms with Crippen LogP contribution in [0.25, 0.3) is 21.8 Å². The summed E-state index contributed by atoms with van der Waals surface area (Å²) in [5.74, 6) is -0.170. The number of aromatic nitrogens is 3. The summed E-state index contributed by atoms with van der Waals surface area (Å²) >= 11 is 13.9. The van der Waals surface area contributed by atoms with E-state index in [1.54, 1.807) is 11.0 Å². The van der Waals surface area contributed by atoms with E-state index in [9.17, 15) is 4.79 Å². The molecule has 1 fully saturated rings. The Morgan fingerprint density at radius 1 is 0.906 bits per heavy atom. The molecular formula is C24H16Cl2N4OS. The maximum atomic E-state index is 12.6. The molecule has 0 saturated carbocycles. The molecule has 5 aromatic rings. The third-order valence-corrected chi connectivity index (χ3v) is 7.42. The molecule has 2 aromatic heterocycles. The summed E-state index contributed by atoms with van der Waals surface area (Å²) in [6, 6.07) is 23.8. The van der Waals surface area contributed by atoms with Crippen molar-refractivity contribution < 1.29 is 4.79 Å². The van der Waals surface area contributed by atoms with Gasteiger partial charge >= 0.3 is 0 Å². The van der Waals surface area contributed by atoms with Gasteiger partial charge in [0.25, 0.3) is 0 Å². The lowest BCUT2D eigenvalue weighted by Gasteiger charge is -2.42. The molecule has 3 aromatic carbocycles. The van der Waals surface area contributed by atoms with Crippen LogP contribution < -0.4 is 4.90 Å². The molecule has 158 valence electrons. The number of para-hydroxylation sites is 2. The Morgan fingerprint density at radius 2 is 1.59 bits per heavy atom. The molecular weight excluding hydrogens is 463 g/mol. The van der Waals surface area contributed by atoms with Gasteiger partial charge in [0.05, 0.1) is 12.6 Å². The summed E-state index contributed by atoms with van der Waals surface area (Å²) in [5, 5.41) is 12.5. The summed E-state index contributed by atoms with van der Waals surface area (Å²) in [5.41, 5.74) is 3.17. The lowest BCUT2D eigenvalue weighted by atomic mass is 9.94. The van der Waals surface area contributed by atoms with Gasteiger partial charge in [-0.3, -0.25) is 9.69 Å². The molecule has 32 heavy (non-hydrogen) atoms. The molecule has 0 N–H and O–H groups in total. The summed E-state index contributed by atoms with van der Waals surface area (Å²) < 4.78 is 2.24. The van der Waals surface area contributed by atoms with Gasteiger partial charge in [-0.1, -0.05) is 71.5 Å². The first-order chi connectivity index (χ1) is 15.6. The fourth-order valence-electron chi connectivity index (χ4n) is 4.39. The first-order valence-electron chi connectivity index (χ1n) is 10.1. The highest BCUT2D eigenvalue weighted by molar-refractivity contribution is 7.15. The number of hydrogen-bond acceptors (Lipinski definition) is 4. The molecule has 0 aliphatic carbocycles. The Labute approximate surface area is 197 Å². The maximum Gasteiger partial charge on any atom is 0.250 e. The van der Waals surface area contributed by atoms with Gasteiger partial charge in [-0.05, 0) is 29.8 Å². The predicted octanol–water partition coefficient (Wildman–Crippen LogP) is 6.04. The molecule has 1 aliphatic heterocycles. The fraction of sp³-hybridized carbons (Fsp3) is 0.125. The molecule has 2 unspecified atom stereocenters. The Kier molecular flexibility index (Phi) is 4.68. The smallest absolute Gasteiger partial charge is 0.250 e. The molecule has 3 heterocycles. The van der Waals surface area contributed by atoms with Crippen LogP contribution in [0.15, 0.2) is 72.8 Å². The average Bonchev–Trinajstić information content (AvgIpc) is 3.40. The molecule has 5 nitrogen and oxygen atoms in total. The van der Waals surface area contributed by atoms with Crippen molar-refractivity contribution in [3.8, 4) is 0 Å². The van der Waals surface area contributed by atoms with Crippen LogP contribution in [-0.4, -0.2) is 26.0 Å². The number of β-lactam (4-membered cyclic amide) rings is 1. The van der Waals surface area contributed by atoms with Crippen molar-refractivity contribution >= 4 is 67.4 Å². The van der Waals surface area contributed by atoms with Gasteiger partial charge in [0, 0.05) is 26.8 Å². The first-order valence-corrected chi connectivity index (χ1v) is 11.8. The molecule has 1 saturated heterocycles. The van der Waals surface area contributed by atoms with Crippen molar-refractivity contribution in [2.24, 2.45) is 0 Å². The van der Waals surface area contributed by atoms with E-state index in [2.05, 4.69) is 51.2 Å². The van der Waals surface area contributed by atoms with Crippen LogP contribution in [0.2, 0.25) is 5.02 Å². The van der Waals surface area contributed by atoms with E-state index >= 15 is 0 Å². The molecule has 0 bridgehead atoms. The number of nitrogens with zero attached hydrogens (tertiary/aromatic N) is 4. The van der Waals surface area contributed by atoms with Gasteiger partial charge in [0.15, 0.2) is 0 Å². The summed E-state index contributed by atoms with van der Waals surface area (Å²) in [7, 11) is 0. The number of rotatable bonds is 4. The third kappa shape index (κ3) is 3.02. The zero-order chi connectivity index (χ0) is 21.8. The number of alkyl halides is 1. The van der Waals surface area contributed by atoms with Crippen LogP contribution in [0.3, 0.4) is 0 Å². The molecule has 6 rings (SSSR count). The highest BCUT2D eigenvalue weighted by Gasteiger charge is 2.49. The second-order valence-electron chi connectivity index (χ2n) is 7.71. The number of carbonyl (C=O) groups is 1.